The molecule has 0 aliphatic heterocycles. The first-order valence-corrected chi connectivity index (χ1v) is 5.61. The zero-order valence-electron chi connectivity index (χ0n) is 10.3. The van der Waals surface area contributed by atoms with E-state index in [1.807, 2.05) is 0 Å². The normalized spacial score (nSPS) is 10.9. The van der Waals surface area contributed by atoms with Crippen molar-refractivity contribution in [1.29, 1.82) is 0 Å². The minimum absolute atomic E-state index is 0.0724. The number of hydrogen-bond acceptors (Lipinski definition) is 4. The molecule has 19 heavy (non-hydrogen) atoms. The molecule has 0 aliphatic carbocycles. The SMILES string of the molecule is COCc1cc(N)nc(-c2cccc(C(F)F)c2)n1. The lowest BCUT2D eigenvalue weighted by Crippen LogP contribution is -2.01. The van der Waals surface area contributed by atoms with Gasteiger partial charge < -0.3 is 10.5 Å². The quantitative estimate of drug-likeness (QED) is 0.923. The summed E-state index contributed by atoms with van der Waals surface area (Å²) in [6.45, 7) is 0.286. The molecule has 0 radical (unpaired) electrons. The highest BCUT2D eigenvalue weighted by Gasteiger charge is 2.10. The second kappa shape index (κ2) is 5.71. The number of rotatable bonds is 4. The van der Waals surface area contributed by atoms with Crippen LogP contribution in [-0.4, -0.2) is 17.1 Å². The molecule has 1 aromatic carbocycles. The van der Waals surface area contributed by atoms with Gasteiger partial charge in [-0.2, -0.15) is 0 Å². The maximum Gasteiger partial charge on any atom is 0.263 e. The van der Waals surface area contributed by atoms with E-state index in [-0.39, 0.29) is 18.0 Å². The van der Waals surface area contributed by atoms with Gasteiger partial charge in [-0.25, -0.2) is 18.7 Å². The largest absolute Gasteiger partial charge is 0.384 e. The van der Waals surface area contributed by atoms with Crippen LogP contribution in [0.2, 0.25) is 0 Å². The van der Waals surface area contributed by atoms with Gasteiger partial charge in [-0.1, -0.05) is 18.2 Å². The number of nitrogens with zero attached hydrogens (tertiary/aromatic N) is 2. The molecule has 0 unspecified atom stereocenters. The number of nitrogens with two attached hydrogens (primary N) is 1. The second-order valence-corrected chi connectivity index (χ2v) is 3.97. The third kappa shape index (κ3) is 3.23. The monoisotopic (exact) mass is 265 g/mol. The summed E-state index contributed by atoms with van der Waals surface area (Å²) in [6.07, 6.45) is -2.53. The number of aromatic nitrogens is 2. The predicted octanol–water partition coefficient (Wildman–Crippen LogP) is 2.81. The van der Waals surface area contributed by atoms with Crippen molar-refractivity contribution >= 4 is 5.82 Å². The van der Waals surface area contributed by atoms with Gasteiger partial charge in [0.2, 0.25) is 0 Å². The van der Waals surface area contributed by atoms with Crippen LogP contribution in [-0.2, 0) is 11.3 Å². The number of nitrogen functional groups attached to an aromatic ring is 1. The number of hydrogen-bond donors (Lipinski definition) is 1. The lowest BCUT2D eigenvalue weighted by Gasteiger charge is -2.07. The Bertz CT molecular complexity index is 576. The summed E-state index contributed by atoms with van der Waals surface area (Å²) < 4.78 is 30.3. The first kappa shape index (κ1) is 13.4. The molecule has 0 amide bonds. The van der Waals surface area contributed by atoms with E-state index >= 15 is 0 Å². The molecule has 100 valence electrons. The van der Waals surface area contributed by atoms with Crippen LogP contribution in [0, 0.1) is 0 Å². The van der Waals surface area contributed by atoms with Gasteiger partial charge in [-0.05, 0) is 6.07 Å². The molecule has 0 bridgehead atoms. The van der Waals surface area contributed by atoms with E-state index in [1.165, 1.54) is 19.2 Å². The van der Waals surface area contributed by atoms with Crippen molar-refractivity contribution < 1.29 is 13.5 Å². The Labute approximate surface area is 109 Å². The van der Waals surface area contributed by atoms with Crippen LogP contribution in [0.4, 0.5) is 14.6 Å². The first-order valence-electron chi connectivity index (χ1n) is 5.61. The summed E-state index contributed by atoms with van der Waals surface area (Å²) in [5.74, 6) is 0.592. The highest BCUT2D eigenvalue weighted by atomic mass is 19.3. The maximum absolute atomic E-state index is 12.7. The van der Waals surface area contributed by atoms with Crippen LogP contribution in [0.3, 0.4) is 0 Å². The molecule has 2 rings (SSSR count). The van der Waals surface area contributed by atoms with Gasteiger partial charge >= 0.3 is 0 Å². The Hall–Kier alpha value is -2.08. The summed E-state index contributed by atoms with van der Waals surface area (Å²) in [5.41, 5.74) is 6.70. The molecule has 0 aliphatic rings. The van der Waals surface area contributed by atoms with Crippen LogP contribution in [0.1, 0.15) is 17.7 Å². The van der Waals surface area contributed by atoms with Crippen molar-refractivity contribution in [1.82, 2.24) is 9.97 Å². The highest BCUT2D eigenvalue weighted by molar-refractivity contribution is 5.58. The van der Waals surface area contributed by atoms with Crippen LogP contribution in [0.15, 0.2) is 30.3 Å². The smallest absolute Gasteiger partial charge is 0.263 e. The van der Waals surface area contributed by atoms with E-state index in [0.29, 0.717) is 17.1 Å². The van der Waals surface area contributed by atoms with Crippen LogP contribution >= 0.6 is 0 Å². The van der Waals surface area contributed by atoms with Gasteiger partial charge in [-0.15, -0.1) is 0 Å². The van der Waals surface area contributed by atoms with E-state index in [1.54, 1.807) is 18.2 Å². The molecular weight excluding hydrogens is 252 g/mol. The minimum Gasteiger partial charge on any atom is -0.384 e. The van der Waals surface area contributed by atoms with Gasteiger partial charge in [0.25, 0.3) is 6.43 Å². The van der Waals surface area contributed by atoms with Gasteiger partial charge in [0.1, 0.15) is 5.82 Å². The lowest BCUT2D eigenvalue weighted by molar-refractivity contribution is 0.151. The standard InChI is InChI=1S/C13H13F2N3O/c1-19-7-10-6-11(16)18-13(17-10)9-4-2-3-8(5-9)12(14)15/h2-6,12H,7H2,1H3,(H2,16,17,18). The Morgan fingerprint density at radius 1 is 1.26 bits per heavy atom. The molecule has 4 nitrogen and oxygen atoms in total. The topological polar surface area (TPSA) is 61.0 Å². The van der Waals surface area contributed by atoms with Gasteiger partial charge in [-0.3, -0.25) is 0 Å². The Balaban J connectivity index is 2.43. The number of benzene rings is 1. The highest BCUT2D eigenvalue weighted by Crippen LogP contribution is 2.24. The fourth-order valence-corrected chi connectivity index (χ4v) is 1.68. The molecule has 0 saturated heterocycles. The summed E-state index contributed by atoms with van der Waals surface area (Å²) in [5, 5.41) is 0. The fourth-order valence-electron chi connectivity index (χ4n) is 1.68. The molecule has 2 aromatic rings. The molecule has 0 atom stereocenters. The Morgan fingerprint density at radius 2 is 2.05 bits per heavy atom. The fraction of sp³-hybridized carbons (Fsp3) is 0.231. The van der Waals surface area contributed by atoms with E-state index in [2.05, 4.69) is 9.97 Å². The van der Waals surface area contributed by atoms with Crippen molar-refractivity contribution in [2.75, 3.05) is 12.8 Å². The molecular formula is C13H13F2N3O. The van der Waals surface area contributed by atoms with E-state index in [4.69, 9.17) is 10.5 Å². The molecule has 6 heteroatoms. The average molecular weight is 265 g/mol. The number of ether oxygens (including phenoxy) is 1. The molecule has 2 N–H and O–H groups in total. The summed E-state index contributed by atoms with van der Waals surface area (Å²) in [6, 6.07) is 7.51. The lowest BCUT2D eigenvalue weighted by atomic mass is 10.1. The summed E-state index contributed by atoms with van der Waals surface area (Å²) in [7, 11) is 1.54. The van der Waals surface area contributed by atoms with Crippen LogP contribution < -0.4 is 5.73 Å². The second-order valence-electron chi connectivity index (χ2n) is 3.97. The Morgan fingerprint density at radius 3 is 2.74 bits per heavy atom. The van der Waals surface area contributed by atoms with Gasteiger partial charge in [0.05, 0.1) is 12.3 Å². The maximum atomic E-state index is 12.7. The predicted molar refractivity (Wildman–Crippen MR) is 67.6 cm³/mol. The summed E-state index contributed by atoms with van der Waals surface area (Å²) in [4.78, 5) is 8.29. The number of anilines is 1. The summed E-state index contributed by atoms with van der Waals surface area (Å²) >= 11 is 0. The van der Waals surface area contributed by atoms with E-state index < -0.39 is 6.43 Å². The van der Waals surface area contributed by atoms with Crippen molar-refractivity contribution in [3.8, 4) is 11.4 Å². The molecule has 0 saturated carbocycles. The Kier molecular flexibility index (Phi) is 4.01. The number of halogens is 2. The van der Waals surface area contributed by atoms with Crippen molar-refractivity contribution in [3.63, 3.8) is 0 Å². The molecule has 0 fully saturated rings. The van der Waals surface area contributed by atoms with Gasteiger partial charge in [0.15, 0.2) is 5.82 Å². The van der Waals surface area contributed by atoms with E-state index in [9.17, 15) is 8.78 Å². The average Bonchev–Trinajstić information content (AvgIpc) is 2.38. The molecule has 0 spiro atoms. The number of methoxy groups -OCH3 is 1. The van der Waals surface area contributed by atoms with E-state index in [0.717, 1.165) is 0 Å². The zero-order chi connectivity index (χ0) is 13.8. The third-order valence-electron chi connectivity index (χ3n) is 2.49. The van der Waals surface area contributed by atoms with Crippen LogP contribution in [0.25, 0.3) is 11.4 Å². The van der Waals surface area contributed by atoms with Gasteiger partial charge in [0, 0.05) is 24.3 Å². The van der Waals surface area contributed by atoms with Crippen molar-refractivity contribution in [3.05, 3.63) is 41.6 Å². The molecule has 1 aromatic heterocycles. The first-order chi connectivity index (χ1) is 9.10. The van der Waals surface area contributed by atoms with Crippen molar-refractivity contribution in [2.45, 2.75) is 13.0 Å². The minimum atomic E-state index is -2.53. The zero-order valence-corrected chi connectivity index (χ0v) is 10.3. The van der Waals surface area contributed by atoms with Crippen LogP contribution in [0.5, 0.6) is 0 Å². The molecule has 1 heterocycles. The third-order valence-corrected chi connectivity index (χ3v) is 2.49. The number of alkyl halides is 2. The van der Waals surface area contributed by atoms with Crippen molar-refractivity contribution in [2.24, 2.45) is 0 Å².